The van der Waals surface area contributed by atoms with E-state index in [9.17, 15) is 61.5 Å². The van der Waals surface area contributed by atoms with Crippen molar-refractivity contribution in [2.24, 2.45) is 35.3 Å². The van der Waals surface area contributed by atoms with Crippen LogP contribution < -0.4 is 25.0 Å². The first-order valence-corrected chi connectivity index (χ1v) is 23.9. The summed E-state index contributed by atoms with van der Waals surface area (Å²) in [5.74, 6) is -0.751. The van der Waals surface area contributed by atoms with E-state index in [0.717, 1.165) is 69.2 Å². The van der Waals surface area contributed by atoms with Crippen LogP contribution in [0.3, 0.4) is 0 Å². The highest BCUT2D eigenvalue weighted by molar-refractivity contribution is 9.10. The summed E-state index contributed by atoms with van der Waals surface area (Å²) in [5.41, 5.74) is 5.36. The van der Waals surface area contributed by atoms with E-state index in [1.165, 1.54) is 42.6 Å². The molecule has 4 unspecified atom stereocenters. The molecule has 0 spiro atoms. The first-order chi connectivity index (χ1) is 35.3. The number of hydrogen-bond acceptors (Lipinski definition) is 11. The zero-order chi connectivity index (χ0) is 54.0. The molecule has 2 saturated heterocycles. The minimum Gasteiger partial charge on any atom is -0.421 e. The highest BCUT2D eigenvalue weighted by atomic mass is 79.9. The summed E-state index contributed by atoms with van der Waals surface area (Å²) in [6, 6.07) is 15.3. The van der Waals surface area contributed by atoms with Crippen molar-refractivity contribution in [3.05, 3.63) is 119 Å². The van der Waals surface area contributed by atoms with Crippen LogP contribution in [0.1, 0.15) is 42.9 Å². The maximum atomic E-state index is 14.0. The molecule has 4 fully saturated rings. The van der Waals surface area contributed by atoms with Gasteiger partial charge in [-0.1, -0.05) is 24.3 Å². The molecule has 0 radical (unpaired) electrons. The molecule has 404 valence electrons. The van der Waals surface area contributed by atoms with E-state index in [1.54, 1.807) is 12.1 Å². The third kappa shape index (κ3) is 14.1. The molecule has 75 heavy (non-hydrogen) atoms. The Kier molecular flexibility index (Phi) is 16.2. The summed E-state index contributed by atoms with van der Waals surface area (Å²) in [6.07, 6.45) is -11.5. The molecule has 2 aromatic carbocycles. The lowest BCUT2D eigenvalue weighted by Gasteiger charge is -2.39. The van der Waals surface area contributed by atoms with Gasteiger partial charge < -0.3 is 25.0 Å². The van der Waals surface area contributed by atoms with Crippen LogP contribution in [-0.4, -0.2) is 84.1 Å². The van der Waals surface area contributed by atoms with Gasteiger partial charge >= 0.3 is 36.7 Å². The number of nitrogens with zero attached hydrogens (tertiary/aromatic N) is 10. The third-order valence-corrected chi connectivity index (χ3v) is 13.5. The third-order valence-electron chi connectivity index (χ3n) is 13.2. The van der Waals surface area contributed by atoms with Crippen molar-refractivity contribution in [2.75, 3.05) is 36.0 Å². The summed E-state index contributed by atoms with van der Waals surface area (Å²) in [6.45, 7) is -0.319. The van der Waals surface area contributed by atoms with Crippen LogP contribution in [0.25, 0.3) is 0 Å². The number of anilines is 2. The number of hydrogen-bond donors (Lipinski definition) is 1. The van der Waals surface area contributed by atoms with Crippen LogP contribution in [0, 0.1) is 41.2 Å². The zero-order valence-corrected chi connectivity index (χ0v) is 40.4. The number of alkyl halides is 12. The number of fused-ring (bicyclic) bond motifs is 4. The van der Waals surface area contributed by atoms with E-state index < -0.39 is 72.8 Å². The van der Waals surface area contributed by atoms with Crippen LogP contribution >= 0.6 is 15.9 Å². The predicted octanol–water partition coefficient (Wildman–Crippen LogP) is 11.7. The minimum atomic E-state index is -4.59. The molecule has 6 aromatic rings. The Morgan fingerprint density at radius 1 is 0.560 bits per heavy atom. The Hall–Kier alpha value is -6.32. The number of rotatable bonds is 10. The summed E-state index contributed by atoms with van der Waals surface area (Å²) < 4.78 is 192. The highest BCUT2D eigenvalue weighted by Gasteiger charge is 2.44. The summed E-state index contributed by atoms with van der Waals surface area (Å²) in [4.78, 5) is 18.5. The lowest BCUT2D eigenvalue weighted by atomic mass is 9.82. The van der Waals surface area contributed by atoms with Gasteiger partial charge in [-0.2, -0.15) is 67.8 Å². The number of piperidine rings is 2. The fraction of sp³-hybridized carbons (Fsp3) is 0.447. The van der Waals surface area contributed by atoms with Crippen molar-refractivity contribution in [1.29, 1.82) is 0 Å². The van der Waals surface area contributed by atoms with E-state index >= 15 is 0 Å². The van der Waals surface area contributed by atoms with Gasteiger partial charge in [0.2, 0.25) is 4.73 Å². The Morgan fingerprint density at radius 3 is 1.41 bits per heavy atom. The molecule has 13 nitrogen and oxygen atoms in total. The van der Waals surface area contributed by atoms with Gasteiger partial charge in [0.25, 0.3) is 0 Å². The predicted molar refractivity (Wildman–Crippen MR) is 243 cm³/mol. The zero-order valence-electron chi connectivity index (χ0n) is 38.9. The van der Waals surface area contributed by atoms with Crippen LogP contribution in [0.2, 0.25) is 0 Å². The Bertz CT molecular complexity index is 2870. The highest BCUT2D eigenvalue weighted by Crippen LogP contribution is 2.45. The molecule has 4 bridgehead atoms. The number of benzene rings is 2. The molecule has 4 atom stereocenters. The fourth-order valence-electron chi connectivity index (χ4n) is 9.82. The van der Waals surface area contributed by atoms with Crippen molar-refractivity contribution in [1.82, 2.24) is 39.5 Å². The van der Waals surface area contributed by atoms with E-state index in [0.29, 0.717) is 45.7 Å². The quantitative estimate of drug-likeness (QED) is 0.131. The smallest absolute Gasteiger partial charge is 0.421 e. The minimum absolute atomic E-state index is 0.0446. The van der Waals surface area contributed by atoms with E-state index in [-0.39, 0.29) is 52.3 Å². The summed E-state index contributed by atoms with van der Waals surface area (Å²) >= 11 is 2.84. The number of pyridine rings is 2. The monoisotopic (exact) mass is 1140 g/mol. The maximum absolute atomic E-state index is 14.0. The average molecular weight is 1140 g/mol. The van der Waals surface area contributed by atoms with Crippen molar-refractivity contribution in [2.45, 2.75) is 75.9 Å². The number of ether oxygens (including phenoxy) is 2. The molecular formula is C47H44BrF14N11O2. The Morgan fingerprint density at radius 2 is 0.973 bits per heavy atom. The van der Waals surface area contributed by atoms with Gasteiger partial charge in [-0.25, -0.2) is 18.1 Å². The molecule has 4 aliphatic rings. The van der Waals surface area contributed by atoms with Gasteiger partial charge in [-0.3, -0.25) is 9.97 Å². The molecule has 0 amide bonds. The molecule has 2 aliphatic heterocycles. The van der Waals surface area contributed by atoms with Gasteiger partial charge in [0.15, 0.2) is 29.0 Å². The second-order valence-corrected chi connectivity index (χ2v) is 19.0. The largest absolute Gasteiger partial charge is 0.433 e. The Balaban J connectivity index is 0.000000165. The van der Waals surface area contributed by atoms with Crippen molar-refractivity contribution < 1.29 is 70.9 Å². The van der Waals surface area contributed by atoms with Crippen LogP contribution in [0.15, 0.2) is 89.9 Å². The molecule has 4 aromatic heterocycles. The van der Waals surface area contributed by atoms with Crippen molar-refractivity contribution in [3.8, 4) is 23.5 Å². The van der Waals surface area contributed by atoms with Gasteiger partial charge in [-0.05, 0) is 120 Å². The number of nitrogens with two attached hydrogens (primary N) is 1. The van der Waals surface area contributed by atoms with E-state index in [2.05, 4.69) is 46.1 Å². The molecular weight excluding hydrogens is 1100 g/mol. The second kappa shape index (κ2) is 22.1. The lowest BCUT2D eigenvalue weighted by Crippen LogP contribution is -2.48. The first-order valence-electron chi connectivity index (χ1n) is 23.1. The Labute approximate surface area is 426 Å². The average Bonchev–Trinajstić information content (AvgIpc) is 3.98. The van der Waals surface area contributed by atoms with Crippen LogP contribution in [0.4, 0.5) is 72.8 Å². The molecule has 2 aliphatic carbocycles. The first kappa shape index (κ1) is 54.9. The fourth-order valence-corrected chi connectivity index (χ4v) is 10.2. The van der Waals surface area contributed by atoms with Crippen molar-refractivity contribution in [3.63, 3.8) is 0 Å². The second-order valence-electron chi connectivity index (χ2n) is 18.3. The van der Waals surface area contributed by atoms with Gasteiger partial charge in [0.1, 0.15) is 24.5 Å². The number of para-hydroxylation sites is 2. The topological polar surface area (TPSA) is 138 Å². The van der Waals surface area contributed by atoms with E-state index in [1.807, 2.05) is 9.80 Å². The molecule has 6 heterocycles. The van der Waals surface area contributed by atoms with Crippen LogP contribution in [0.5, 0.6) is 23.5 Å². The lowest BCUT2D eigenvalue weighted by molar-refractivity contribution is -0.144. The van der Waals surface area contributed by atoms with Gasteiger partial charge in [0, 0.05) is 62.4 Å². The SMILES string of the molecule is Fc1ccccc1Oc1nc(Br)nn1CC(F)(F)F.Fc1ccccc1Oc1nc(CC2C3CCC2CN(c2ccnc(C(F)(F)F)c2)C3)nn1CC(F)(F)F.NC1C2CCC1CN(c1ccnc(C(F)(F)F)c1)C2. The van der Waals surface area contributed by atoms with E-state index in [4.69, 9.17) is 15.2 Å². The normalized spacial score (nSPS) is 21.5. The van der Waals surface area contributed by atoms with Crippen LogP contribution in [-0.2, 0) is 31.9 Å². The molecule has 2 N–H and O–H groups in total. The molecule has 2 saturated carbocycles. The molecule has 28 heteroatoms. The number of halogens is 15. The number of aromatic nitrogens is 8. The van der Waals surface area contributed by atoms with Gasteiger partial charge in [-0.15, -0.1) is 5.10 Å². The summed E-state index contributed by atoms with van der Waals surface area (Å²) in [7, 11) is 0. The standard InChI is InChI=1S/C24H22F7N5O.C13H16F3N3.C10H6BrF4N3O/c25-18-3-1-2-4-19(18)37-22-33-21(34-36(22)13-23(26,27)28)10-17-14-5-6-15(17)12-35(11-14)16-7-8-32-20(9-16)24(29,30)31;14-13(15,16)11-5-10(3-4-18-11)19-6-8-1-2-9(7-19)12(8)17;11-8-16-9(18(17-8)5-10(13,14)15)19-7-4-2-1-3-6(7)12/h1-4,7-9,14-15,17H,5-6,10-13H2;3-5,8-9,12H,1-2,6-7,17H2;1-4H,5H2. The maximum Gasteiger partial charge on any atom is 0.433 e. The molecule has 10 rings (SSSR count). The van der Waals surface area contributed by atoms with Gasteiger partial charge in [0.05, 0.1) is 0 Å². The van der Waals surface area contributed by atoms with Crippen molar-refractivity contribution >= 4 is 27.3 Å². The summed E-state index contributed by atoms with van der Waals surface area (Å²) in [5, 5.41) is 7.50.